The van der Waals surface area contributed by atoms with Gasteiger partial charge < -0.3 is 20.8 Å². The number of β-amino-alcohol motifs (C(OH)–C–C–N with tert-alkyl or cyclic N) is 1. The van der Waals surface area contributed by atoms with Gasteiger partial charge in [-0.1, -0.05) is 0 Å². The molecule has 1 aromatic rings. The normalized spacial score (nSPS) is 20.1. The van der Waals surface area contributed by atoms with Gasteiger partial charge in [0.25, 0.3) is 0 Å². The third-order valence-corrected chi connectivity index (χ3v) is 2.79. The fourth-order valence-electron chi connectivity index (χ4n) is 1.92. The third-order valence-electron chi connectivity index (χ3n) is 2.79. The molecule has 0 bridgehead atoms. The van der Waals surface area contributed by atoms with Gasteiger partial charge in [-0.05, 0) is 24.6 Å². The van der Waals surface area contributed by atoms with Gasteiger partial charge in [0, 0.05) is 24.5 Å². The third kappa shape index (κ3) is 1.94. The van der Waals surface area contributed by atoms with Crippen molar-refractivity contribution >= 4 is 17.3 Å². The Morgan fingerprint density at radius 1 is 1.50 bits per heavy atom. The minimum absolute atomic E-state index is 0.114. The Balaban J connectivity index is 2.24. The number of benzene rings is 1. The highest BCUT2D eigenvalue weighted by Crippen LogP contribution is 2.24. The summed E-state index contributed by atoms with van der Waals surface area (Å²) >= 11 is 0. The van der Waals surface area contributed by atoms with Gasteiger partial charge in [-0.2, -0.15) is 0 Å². The molecule has 1 aliphatic rings. The fraction of sp³-hybridized carbons (Fsp3) is 0.364. The number of anilines is 2. The number of carbonyl (C=O) groups is 1. The molecule has 16 heavy (non-hydrogen) atoms. The Bertz CT molecular complexity index is 420. The van der Waals surface area contributed by atoms with Crippen molar-refractivity contribution in [2.45, 2.75) is 12.5 Å². The monoisotopic (exact) mass is 222 g/mol. The molecular weight excluding hydrogens is 208 g/mol. The lowest BCUT2D eigenvalue weighted by Gasteiger charge is -2.18. The number of nitrogens with two attached hydrogens (primary N) is 1. The van der Waals surface area contributed by atoms with Crippen molar-refractivity contribution in [3.05, 3.63) is 23.8 Å². The number of aliphatic hydroxyl groups is 1. The Morgan fingerprint density at radius 3 is 2.75 bits per heavy atom. The Morgan fingerprint density at radius 2 is 2.25 bits per heavy atom. The molecule has 86 valence electrons. The number of nitrogens with zero attached hydrogens (tertiary/aromatic N) is 1. The fourth-order valence-corrected chi connectivity index (χ4v) is 1.92. The summed E-state index contributed by atoms with van der Waals surface area (Å²) in [6.45, 7) is 1.35. The zero-order chi connectivity index (χ0) is 11.7. The molecule has 1 unspecified atom stereocenters. The molecule has 4 N–H and O–H groups in total. The van der Waals surface area contributed by atoms with Crippen molar-refractivity contribution in [3.63, 3.8) is 0 Å². The van der Waals surface area contributed by atoms with Crippen LogP contribution in [0.15, 0.2) is 18.2 Å². The summed E-state index contributed by atoms with van der Waals surface area (Å²) in [5, 5.41) is 18.2. The van der Waals surface area contributed by atoms with Crippen LogP contribution >= 0.6 is 0 Å². The van der Waals surface area contributed by atoms with Crippen LogP contribution in [0, 0.1) is 0 Å². The van der Waals surface area contributed by atoms with Crippen molar-refractivity contribution in [1.29, 1.82) is 0 Å². The highest BCUT2D eigenvalue weighted by molar-refractivity contribution is 5.94. The van der Waals surface area contributed by atoms with Gasteiger partial charge >= 0.3 is 5.97 Å². The second-order valence-electron chi connectivity index (χ2n) is 3.97. The molecule has 1 atom stereocenters. The number of aliphatic hydroxyl groups excluding tert-OH is 1. The predicted molar refractivity (Wildman–Crippen MR) is 60.7 cm³/mol. The smallest absolute Gasteiger partial charge is 0.337 e. The van der Waals surface area contributed by atoms with Crippen molar-refractivity contribution in [2.75, 3.05) is 23.7 Å². The lowest BCUT2D eigenvalue weighted by molar-refractivity contribution is 0.0698. The lowest BCUT2D eigenvalue weighted by Crippen LogP contribution is -2.21. The Hall–Kier alpha value is -1.75. The van der Waals surface area contributed by atoms with E-state index in [4.69, 9.17) is 10.8 Å². The first-order chi connectivity index (χ1) is 7.58. The average Bonchev–Trinajstić information content (AvgIpc) is 2.64. The molecule has 1 aromatic carbocycles. The van der Waals surface area contributed by atoms with Crippen LogP contribution in [0.4, 0.5) is 11.4 Å². The zero-order valence-corrected chi connectivity index (χ0v) is 8.76. The van der Waals surface area contributed by atoms with Crippen LogP contribution in [0.2, 0.25) is 0 Å². The molecule has 0 aliphatic carbocycles. The number of rotatable bonds is 2. The van der Waals surface area contributed by atoms with Crippen LogP contribution < -0.4 is 10.6 Å². The van der Waals surface area contributed by atoms with E-state index in [1.807, 2.05) is 4.90 Å². The summed E-state index contributed by atoms with van der Waals surface area (Å²) in [4.78, 5) is 12.8. The molecule has 1 heterocycles. The van der Waals surface area contributed by atoms with Gasteiger partial charge in [-0.25, -0.2) is 4.79 Å². The first-order valence-corrected chi connectivity index (χ1v) is 5.14. The van der Waals surface area contributed by atoms with E-state index in [1.54, 1.807) is 12.1 Å². The summed E-state index contributed by atoms with van der Waals surface area (Å²) in [6, 6.07) is 4.86. The van der Waals surface area contributed by atoms with E-state index in [-0.39, 0.29) is 17.4 Å². The maximum Gasteiger partial charge on any atom is 0.337 e. The minimum atomic E-state index is -1.02. The SMILES string of the molecule is Nc1cc(N2CCC(O)C2)ccc1C(=O)O. The Labute approximate surface area is 93.1 Å². The Kier molecular flexibility index (Phi) is 2.70. The number of carboxylic acid groups (broad SMARTS) is 1. The highest BCUT2D eigenvalue weighted by atomic mass is 16.4. The average molecular weight is 222 g/mol. The van der Waals surface area contributed by atoms with Crippen molar-refractivity contribution < 1.29 is 15.0 Å². The first kappa shape index (κ1) is 10.8. The standard InChI is InChI=1S/C11H14N2O3/c12-10-5-7(1-2-9(10)11(15)16)13-4-3-8(14)6-13/h1-2,5,8,14H,3-4,6,12H2,(H,15,16). The summed E-state index contributed by atoms with van der Waals surface area (Å²) in [5.41, 5.74) is 6.89. The molecule has 0 spiro atoms. The molecule has 5 nitrogen and oxygen atoms in total. The molecule has 0 radical (unpaired) electrons. The van der Waals surface area contributed by atoms with Crippen molar-refractivity contribution in [2.24, 2.45) is 0 Å². The molecule has 1 saturated heterocycles. The minimum Gasteiger partial charge on any atom is -0.478 e. The van der Waals surface area contributed by atoms with Crippen LogP contribution in [0.25, 0.3) is 0 Å². The molecule has 1 aliphatic heterocycles. The van der Waals surface area contributed by atoms with Crippen molar-refractivity contribution in [1.82, 2.24) is 0 Å². The topological polar surface area (TPSA) is 86.8 Å². The molecule has 1 fully saturated rings. The predicted octanol–water partition coefficient (Wildman–Crippen LogP) is 0.538. The second kappa shape index (κ2) is 4.02. The number of hydrogen-bond acceptors (Lipinski definition) is 4. The lowest BCUT2D eigenvalue weighted by atomic mass is 10.1. The van der Waals surface area contributed by atoms with Gasteiger partial charge in [0.05, 0.1) is 11.7 Å². The highest BCUT2D eigenvalue weighted by Gasteiger charge is 2.21. The van der Waals surface area contributed by atoms with Gasteiger partial charge in [-0.15, -0.1) is 0 Å². The summed E-state index contributed by atoms with van der Waals surface area (Å²) in [5.74, 6) is -1.02. The number of aromatic carboxylic acids is 1. The summed E-state index contributed by atoms with van der Waals surface area (Å²) < 4.78 is 0. The van der Waals surface area contributed by atoms with E-state index >= 15 is 0 Å². The van der Waals surface area contributed by atoms with E-state index < -0.39 is 5.97 Å². The molecule has 2 rings (SSSR count). The number of carboxylic acids is 1. The largest absolute Gasteiger partial charge is 0.478 e. The summed E-state index contributed by atoms with van der Waals surface area (Å²) in [6.07, 6.45) is 0.431. The van der Waals surface area contributed by atoms with E-state index in [9.17, 15) is 9.90 Å². The summed E-state index contributed by atoms with van der Waals surface area (Å²) in [7, 11) is 0. The number of nitrogen functional groups attached to an aromatic ring is 1. The van der Waals surface area contributed by atoms with Crippen LogP contribution in [0.1, 0.15) is 16.8 Å². The quantitative estimate of drug-likeness (QED) is 0.636. The van der Waals surface area contributed by atoms with Crippen LogP contribution in [-0.2, 0) is 0 Å². The molecule has 0 amide bonds. The van der Waals surface area contributed by atoms with Crippen LogP contribution in [0.3, 0.4) is 0 Å². The first-order valence-electron chi connectivity index (χ1n) is 5.14. The maximum atomic E-state index is 10.8. The van der Waals surface area contributed by atoms with E-state index in [2.05, 4.69) is 0 Å². The van der Waals surface area contributed by atoms with E-state index in [1.165, 1.54) is 6.07 Å². The number of hydrogen-bond donors (Lipinski definition) is 3. The van der Waals surface area contributed by atoms with Crippen LogP contribution in [0.5, 0.6) is 0 Å². The van der Waals surface area contributed by atoms with Gasteiger partial charge in [-0.3, -0.25) is 0 Å². The van der Waals surface area contributed by atoms with Gasteiger partial charge in [0.15, 0.2) is 0 Å². The van der Waals surface area contributed by atoms with E-state index in [0.717, 1.165) is 18.7 Å². The zero-order valence-electron chi connectivity index (χ0n) is 8.76. The maximum absolute atomic E-state index is 10.8. The van der Waals surface area contributed by atoms with E-state index in [0.29, 0.717) is 6.54 Å². The van der Waals surface area contributed by atoms with Gasteiger partial charge in [0.2, 0.25) is 0 Å². The molecular formula is C11H14N2O3. The molecule has 0 aromatic heterocycles. The second-order valence-corrected chi connectivity index (χ2v) is 3.97. The van der Waals surface area contributed by atoms with Crippen molar-refractivity contribution in [3.8, 4) is 0 Å². The van der Waals surface area contributed by atoms with Gasteiger partial charge in [0.1, 0.15) is 0 Å². The van der Waals surface area contributed by atoms with Crippen LogP contribution in [-0.4, -0.2) is 35.4 Å². The molecule has 5 heteroatoms. The molecule has 0 saturated carbocycles.